The van der Waals surface area contributed by atoms with Crippen molar-refractivity contribution in [1.29, 1.82) is 0 Å². The molecule has 0 aromatic heterocycles. The SMILES string of the molecule is COC(=O)C(NCCCN=[N+]=[N-])C1CCC(C)O1. The number of esters is 1. The maximum Gasteiger partial charge on any atom is 0.325 e. The third kappa shape index (κ3) is 4.52. The van der Waals surface area contributed by atoms with Crippen LogP contribution in [0.15, 0.2) is 5.11 Å². The number of hydrogen-bond donors (Lipinski definition) is 1. The molecule has 1 heterocycles. The van der Waals surface area contributed by atoms with Gasteiger partial charge in [0.2, 0.25) is 0 Å². The summed E-state index contributed by atoms with van der Waals surface area (Å²) in [6.45, 7) is 3.00. The van der Waals surface area contributed by atoms with E-state index < -0.39 is 6.04 Å². The summed E-state index contributed by atoms with van der Waals surface area (Å²) in [6, 6.07) is -0.439. The largest absolute Gasteiger partial charge is 0.468 e. The van der Waals surface area contributed by atoms with Crippen molar-refractivity contribution in [2.75, 3.05) is 20.2 Å². The first kappa shape index (κ1) is 14.8. The summed E-state index contributed by atoms with van der Waals surface area (Å²) >= 11 is 0. The molecule has 1 aliphatic rings. The van der Waals surface area contributed by atoms with Crippen molar-refractivity contribution in [3.8, 4) is 0 Å². The van der Waals surface area contributed by atoms with Crippen molar-refractivity contribution in [2.24, 2.45) is 5.11 Å². The number of methoxy groups -OCH3 is 1. The molecule has 1 aliphatic heterocycles. The van der Waals surface area contributed by atoms with E-state index in [2.05, 4.69) is 15.3 Å². The van der Waals surface area contributed by atoms with Crippen LogP contribution in [0.25, 0.3) is 10.4 Å². The summed E-state index contributed by atoms with van der Waals surface area (Å²) in [5.41, 5.74) is 8.15. The summed E-state index contributed by atoms with van der Waals surface area (Å²) in [4.78, 5) is 14.4. The van der Waals surface area contributed by atoms with Crippen molar-refractivity contribution in [2.45, 2.75) is 44.4 Å². The van der Waals surface area contributed by atoms with E-state index in [9.17, 15) is 4.79 Å². The summed E-state index contributed by atoms with van der Waals surface area (Å²) in [5, 5.41) is 6.55. The fourth-order valence-corrected chi connectivity index (χ4v) is 2.02. The maximum atomic E-state index is 11.7. The number of azide groups is 1. The molecule has 0 aliphatic carbocycles. The highest BCUT2D eigenvalue weighted by molar-refractivity contribution is 5.76. The van der Waals surface area contributed by atoms with Crippen LogP contribution in [0.5, 0.6) is 0 Å². The Morgan fingerprint density at radius 1 is 1.67 bits per heavy atom. The monoisotopic (exact) mass is 256 g/mol. The van der Waals surface area contributed by atoms with Gasteiger partial charge in [-0.2, -0.15) is 0 Å². The molecule has 1 fully saturated rings. The van der Waals surface area contributed by atoms with Gasteiger partial charge in [-0.15, -0.1) is 0 Å². The molecule has 0 aromatic rings. The minimum atomic E-state index is -0.439. The molecule has 7 nitrogen and oxygen atoms in total. The van der Waals surface area contributed by atoms with Gasteiger partial charge in [-0.25, -0.2) is 0 Å². The fraction of sp³-hybridized carbons (Fsp3) is 0.909. The summed E-state index contributed by atoms with van der Waals surface area (Å²) in [7, 11) is 1.37. The number of ether oxygens (including phenoxy) is 2. The van der Waals surface area contributed by atoms with Gasteiger partial charge in [-0.3, -0.25) is 4.79 Å². The second-order valence-corrected chi connectivity index (χ2v) is 4.33. The predicted octanol–water partition coefficient (Wildman–Crippen LogP) is 1.39. The van der Waals surface area contributed by atoms with E-state index in [1.54, 1.807) is 0 Å². The number of nitrogens with zero attached hydrogens (tertiary/aromatic N) is 3. The first-order chi connectivity index (χ1) is 8.69. The molecule has 1 rings (SSSR count). The average molecular weight is 256 g/mol. The van der Waals surface area contributed by atoms with E-state index in [0.29, 0.717) is 19.5 Å². The topological polar surface area (TPSA) is 96.3 Å². The predicted molar refractivity (Wildman–Crippen MR) is 66.0 cm³/mol. The zero-order valence-corrected chi connectivity index (χ0v) is 10.8. The highest BCUT2D eigenvalue weighted by Gasteiger charge is 2.34. The molecule has 3 unspecified atom stereocenters. The van der Waals surface area contributed by atoms with Gasteiger partial charge in [-0.1, -0.05) is 5.11 Å². The van der Waals surface area contributed by atoms with Crippen LogP contribution in [0.3, 0.4) is 0 Å². The van der Waals surface area contributed by atoms with Gasteiger partial charge in [-0.05, 0) is 38.3 Å². The van der Waals surface area contributed by atoms with Gasteiger partial charge in [0.05, 0.1) is 19.3 Å². The van der Waals surface area contributed by atoms with Crippen LogP contribution >= 0.6 is 0 Å². The van der Waals surface area contributed by atoms with E-state index >= 15 is 0 Å². The van der Waals surface area contributed by atoms with Crippen molar-refractivity contribution in [3.63, 3.8) is 0 Å². The lowest BCUT2D eigenvalue weighted by molar-refractivity contribution is -0.147. The zero-order valence-electron chi connectivity index (χ0n) is 10.8. The molecule has 0 amide bonds. The first-order valence-electron chi connectivity index (χ1n) is 6.16. The number of carbonyl (C=O) groups excluding carboxylic acids is 1. The lowest BCUT2D eigenvalue weighted by Crippen LogP contribution is -2.47. The third-order valence-electron chi connectivity index (χ3n) is 2.95. The maximum absolute atomic E-state index is 11.7. The zero-order chi connectivity index (χ0) is 13.4. The number of nitrogens with one attached hydrogen (secondary N) is 1. The van der Waals surface area contributed by atoms with Crippen LogP contribution in [-0.2, 0) is 14.3 Å². The Hall–Kier alpha value is -1.30. The number of carbonyl (C=O) groups is 1. The van der Waals surface area contributed by atoms with Crippen molar-refractivity contribution < 1.29 is 14.3 Å². The van der Waals surface area contributed by atoms with Crippen LogP contribution in [0, 0.1) is 0 Å². The summed E-state index contributed by atoms with van der Waals surface area (Å²) in [6.07, 6.45) is 2.54. The van der Waals surface area contributed by atoms with E-state index in [0.717, 1.165) is 12.8 Å². The Morgan fingerprint density at radius 2 is 2.44 bits per heavy atom. The van der Waals surface area contributed by atoms with E-state index in [-0.39, 0.29) is 18.2 Å². The lowest BCUT2D eigenvalue weighted by Gasteiger charge is -2.22. The molecule has 0 aromatic carbocycles. The Morgan fingerprint density at radius 3 is 3.00 bits per heavy atom. The molecule has 102 valence electrons. The minimum absolute atomic E-state index is 0.132. The molecule has 1 saturated heterocycles. The molecular formula is C11H20N4O3. The molecular weight excluding hydrogens is 236 g/mol. The quantitative estimate of drug-likeness (QED) is 0.245. The van der Waals surface area contributed by atoms with Crippen LogP contribution in [0.4, 0.5) is 0 Å². The fourth-order valence-electron chi connectivity index (χ4n) is 2.02. The highest BCUT2D eigenvalue weighted by Crippen LogP contribution is 2.22. The average Bonchev–Trinajstić information content (AvgIpc) is 2.79. The molecule has 1 N–H and O–H groups in total. The standard InChI is InChI=1S/C11H20N4O3/c1-8-4-5-9(18-8)10(11(16)17-2)13-6-3-7-14-15-12/h8-10,13H,3-7H2,1-2H3. The van der Waals surface area contributed by atoms with Crippen molar-refractivity contribution in [1.82, 2.24) is 5.32 Å². The third-order valence-corrected chi connectivity index (χ3v) is 2.95. The van der Waals surface area contributed by atoms with E-state index in [4.69, 9.17) is 15.0 Å². The molecule has 0 bridgehead atoms. The molecule has 18 heavy (non-hydrogen) atoms. The van der Waals surface area contributed by atoms with E-state index in [1.165, 1.54) is 7.11 Å². The normalized spacial score (nSPS) is 24.3. The van der Waals surface area contributed by atoms with Gasteiger partial charge in [0.15, 0.2) is 0 Å². The van der Waals surface area contributed by atoms with Gasteiger partial charge < -0.3 is 14.8 Å². The van der Waals surface area contributed by atoms with Gasteiger partial charge in [0, 0.05) is 11.5 Å². The van der Waals surface area contributed by atoms with Gasteiger partial charge >= 0.3 is 5.97 Å². The summed E-state index contributed by atoms with van der Waals surface area (Å²) < 4.78 is 10.5. The number of hydrogen-bond acceptors (Lipinski definition) is 5. The van der Waals surface area contributed by atoms with E-state index in [1.807, 2.05) is 6.92 Å². The first-order valence-corrected chi connectivity index (χ1v) is 6.16. The van der Waals surface area contributed by atoms with Crippen LogP contribution in [0.2, 0.25) is 0 Å². The Kier molecular flexibility index (Phi) is 6.49. The van der Waals surface area contributed by atoms with Gasteiger partial charge in [0.25, 0.3) is 0 Å². The second-order valence-electron chi connectivity index (χ2n) is 4.33. The Bertz CT molecular complexity index is 317. The molecule has 3 atom stereocenters. The van der Waals surface area contributed by atoms with Crippen LogP contribution < -0.4 is 5.32 Å². The van der Waals surface area contributed by atoms with Gasteiger partial charge in [0.1, 0.15) is 6.04 Å². The Balaban J connectivity index is 2.41. The lowest BCUT2D eigenvalue weighted by atomic mass is 10.1. The number of rotatable bonds is 7. The molecule has 0 saturated carbocycles. The Labute approximate surface area is 106 Å². The smallest absolute Gasteiger partial charge is 0.325 e. The molecule has 0 radical (unpaired) electrons. The molecule has 7 heteroatoms. The van der Waals surface area contributed by atoms with Crippen molar-refractivity contribution in [3.05, 3.63) is 10.4 Å². The van der Waals surface area contributed by atoms with Crippen LogP contribution in [-0.4, -0.2) is 44.4 Å². The minimum Gasteiger partial charge on any atom is -0.468 e. The highest BCUT2D eigenvalue weighted by atomic mass is 16.5. The second kappa shape index (κ2) is 7.92. The summed E-state index contributed by atoms with van der Waals surface area (Å²) in [5.74, 6) is -0.308. The van der Waals surface area contributed by atoms with Crippen LogP contribution in [0.1, 0.15) is 26.2 Å². The van der Waals surface area contributed by atoms with Crippen molar-refractivity contribution >= 4 is 5.97 Å². The molecule has 0 spiro atoms.